The van der Waals surface area contributed by atoms with Crippen LogP contribution in [0, 0.1) is 17.1 Å². The number of hydrogen-bond donors (Lipinski definition) is 2. The molecular formula is C18H12ClF4N3O. The molecule has 2 rings (SSSR count). The topological polar surface area (TPSA) is 64.9 Å². The highest BCUT2D eigenvalue weighted by atomic mass is 35.5. The normalized spacial score (nSPS) is 11.6. The lowest BCUT2D eigenvalue weighted by atomic mass is 10.2. The summed E-state index contributed by atoms with van der Waals surface area (Å²) >= 11 is 5.51. The van der Waals surface area contributed by atoms with Gasteiger partial charge in [-0.3, -0.25) is 4.79 Å². The number of carbonyl (C=O) groups is 1. The van der Waals surface area contributed by atoms with Crippen LogP contribution in [0.25, 0.3) is 0 Å². The summed E-state index contributed by atoms with van der Waals surface area (Å²) in [6, 6.07) is 10.2. The zero-order valence-corrected chi connectivity index (χ0v) is 14.3. The van der Waals surface area contributed by atoms with E-state index in [4.69, 9.17) is 16.9 Å². The fraction of sp³-hybridized carbons (Fsp3) is 0.111. The zero-order chi connectivity index (χ0) is 20.0. The van der Waals surface area contributed by atoms with E-state index in [0.29, 0.717) is 11.6 Å². The highest BCUT2D eigenvalue weighted by Crippen LogP contribution is 2.36. The van der Waals surface area contributed by atoms with Gasteiger partial charge in [0.25, 0.3) is 5.91 Å². The molecule has 2 N–H and O–H groups in total. The van der Waals surface area contributed by atoms with E-state index in [0.717, 1.165) is 12.3 Å². The van der Waals surface area contributed by atoms with Crippen LogP contribution in [0.5, 0.6) is 0 Å². The second-order valence-electron chi connectivity index (χ2n) is 5.33. The minimum Gasteiger partial charge on any atom is -0.386 e. The summed E-state index contributed by atoms with van der Waals surface area (Å²) in [6.45, 7) is 0.148. The first-order chi connectivity index (χ1) is 12.7. The van der Waals surface area contributed by atoms with Crippen molar-refractivity contribution >= 4 is 23.2 Å². The van der Waals surface area contributed by atoms with Crippen LogP contribution in [0.15, 0.2) is 54.2 Å². The Morgan fingerprint density at radius 2 is 1.96 bits per heavy atom. The summed E-state index contributed by atoms with van der Waals surface area (Å²) in [6.07, 6.45) is -3.58. The van der Waals surface area contributed by atoms with Crippen LogP contribution in [0.1, 0.15) is 11.1 Å². The molecule has 0 aliphatic rings. The van der Waals surface area contributed by atoms with Gasteiger partial charge >= 0.3 is 6.18 Å². The number of halogens is 5. The molecular weight excluding hydrogens is 386 g/mol. The molecule has 0 saturated heterocycles. The number of nitriles is 1. The first-order valence-corrected chi connectivity index (χ1v) is 7.84. The van der Waals surface area contributed by atoms with Gasteiger partial charge in [-0.2, -0.15) is 18.4 Å². The second kappa shape index (κ2) is 8.56. The van der Waals surface area contributed by atoms with Crippen LogP contribution in [0.2, 0.25) is 5.02 Å². The summed E-state index contributed by atoms with van der Waals surface area (Å²) in [7, 11) is 0. The van der Waals surface area contributed by atoms with E-state index < -0.39 is 28.5 Å². The Labute approximate surface area is 157 Å². The average molecular weight is 398 g/mol. The second-order valence-corrected chi connectivity index (χ2v) is 5.73. The van der Waals surface area contributed by atoms with E-state index in [1.165, 1.54) is 24.3 Å². The smallest absolute Gasteiger partial charge is 0.386 e. The van der Waals surface area contributed by atoms with E-state index in [2.05, 4.69) is 10.6 Å². The van der Waals surface area contributed by atoms with Crippen molar-refractivity contribution in [1.82, 2.24) is 5.32 Å². The zero-order valence-electron chi connectivity index (χ0n) is 13.6. The molecule has 1 amide bonds. The lowest BCUT2D eigenvalue weighted by Crippen LogP contribution is -2.17. The Bertz CT molecular complexity index is 920. The van der Waals surface area contributed by atoms with E-state index >= 15 is 0 Å². The number of nitrogens with one attached hydrogen (secondary N) is 2. The maximum absolute atomic E-state index is 13.1. The minimum atomic E-state index is -4.68. The van der Waals surface area contributed by atoms with Gasteiger partial charge in [0.2, 0.25) is 0 Å². The Morgan fingerprint density at radius 3 is 2.59 bits per heavy atom. The standard InChI is InChI=1S/C18H12ClF4N3O/c19-16-5-4-14(7-15(16)18(21,22)23)26-17(27)12(8-24)10-25-9-11-2-1-3-13(20)6-11/h1-7,10,25H,9H2,(H,26,27)/b12-10-. The number of nitrogens with zero attached hydrogens (tertiary/aromatic N) is 1. The molecule has 0 heterocycles. The number of rotatable bonds is 5. The van der Waals surface area contributed by atoms with E-state index in [1.807, 2.05) is 0 Å². The number of hydrogen-bond acceptors (Lipinski definition) is 3. The van der Waals surface area contributed by atoms with Crippen molar-refractivity contribution in [3.8, 4) is 6.07 Å². The van der Waals surface area contributed by atoms with Gasteiger partial charge in [-0.1, -0.05) is 23.7 Å². The molecule has 0 saturated carbocycles. The lowest BCUT2D eigenvalue weighted by Gasteiger charge is -2.11. The third-order valence-electron chi connectivity index (χ3n) is 3.34. The molecule has 0 spiro atoms. The molecule has 0 fully saturated rings. The van der Waals surface area contributed by atoms with Crippen LogP contribution in [-0.2, 0) is 17.5 Å². The molecule has 4 nitrogen and oxygen atoms in total. The third-order valence-corrected chi connectivity index (χ3v) is 3.67. The number of anilines is 1. The van der Waals surface area contributed by atoms with Crippen molar-refractivity contribution in [2.24, 2.45) is 0 Å². The van der Waals surface area contributed by atoms with Gasteiger partial charge < -0.3 is 10.6 Å². The molecule has 0 bridgehead atoms. The van der Waals surface area contributed by atoms with Crippen molar-refractivity contribution < 1.29 is 22.4 Å². The Balaban J connectivity index is 2.08. The summed E-state index contributed by atoms with van der Waals surface area (Å²) in [5.74, 6) is -1.33. The predicted molar refractivity (Wildman–Crippen MR) is 92.0 cm³/mol. The van der Waals surface area contributed by atoms with E-state index in [9.17, 15) is 22.4 Å². The molecule has 140 valence electrons. The first-order valence-electron chi connectivity index (χ1n) is 7.47. The monoisotopic (exact) mass is 397 g/mol. The first kappa shape index (κ1) is 20.3. The predicted octanol–water partition coefficient (Wildman–Crippen LogP) is 4.63. The Morgan fingerprint density at radius 1 is 1.22 bits per heavy atom. The summed E-state index contributed by atoms with van der Waals surface area (Å²) in [5.41, 5.74) is -1.05. The van der Waals surface area contributed by atoms with Gasteiger partial charge in [-0.25, -0.2) is 4.39 Å². The molecule has 0 aliphatic carbocycles. The number of alkyl halides is 3. The van der Waals surface area contributed by atoms with Crippen molar-refractivity contribution in [3.63, 3.8) is 0 Å². The van der Waals surface area contributed by atoms with Crippen molar-refractivity contribution in [2.45, 2.75) is 12.7 Å². The van der Waals surface area contributed by atoms with E-state index in [1.54, 1.807) is 12.1 Å². The van der Waals surface area contributed by atoms with Crippen LogP contribution in [-0.4, -0.2) is 5.91 Å². The van der Waals surface area contributed by atoms with Gasteiger partial charge in [-0.05, 0) is 35.9 Å². The molecule has 0 radical (unpaired) electrons. The van der Waals surface area contributed by atoms with E-state index in [-0.39, 0.29) is 17.8 Å². The highest BCUT2D eigenvalue weighted by Gasteiger charge is 2.33. The Kier molecular flexibility index (Phi) is 6.42. The number of benzene rings is 2. The van der Waals surface area contributed by atoms with Gasteiger partial charge in [0.1, 0.15) is 17.5 Å². The number of amides is 1. The summed E-state index contributed by atoms with van der Waals surface area (Å²) < 4.78 is 51.6. The molecule has 0 atom stereocenters. The quantitative estimate of drug-likeness (QED) is 0.439. The average Bonchev–Trinajstić information content (AvgIpc) is 2.59. The van der Waals surface area contributed by atoms with Crippen molar-refractivity contribution in [1.29, 1.82) is 5.26 Å². The van der Waals surface area contributed by atoms with Crippen LogP contribution < -0.4 is 10.6 Å². The lowest BCUT2D eigenvalue weighted by molar-refractivity contribution is -0.137. The molecule has 27 heavy (non-hydrogen) atoms. The third kappa shape index (κ3) is 5.72. The molecule has 0 aromatic heterocycles. The largest absolute Gasteiger partial charge is 0.417 e. The van der Waals surface area contributed by atoms with Gasteiger partial charge in [0, 0.05) is 18.4 Å². The SMILES string of the molecule is N#C/C(=C/NCc1cccc(F)c1)C(=O)Nc1ccc(Cl)c(C(F)(F)F)c1. The van der Waals surface area contributed by atoms with Crippen LogP contribution in [0.3, 0.4) is 0 Å². The maximum atomic E-state index is 13.1. The maximum Gasteiger partial charge on any atom is 0.417 e. The molecule has 9 heteroatoms. The Hall–Kier alpha value is -3.05. The number of carbonyl (C=O) groups excluding carboxylic acids is 1. The van der Waals surface area contributed by atoms with Gasteiger partial charge in [0.15, 0.2) is 0 Å². The molecule has 0 aliphatic heterocycles. The fourth-order valence-corrected chi connectivity index (χ4v) is 2.31. The molecule has 0 unspecified atom stereocenters. The molecule has 2 aromatic rings. The van der Waals surface area contributed by atoms with Crippen molar-refractivity contribution in [3.05, 3.63) is 76.2 Å². The highest BCUT2D eigenvalue weighted by molar-refractivity contribution is 6.31. The van der Waals surface area contributed by atoms with Gasteiger partial charge in [0.05, 0.1) is 10.6 Å². The van der Waals surface area contributed by atoms with Crippen LogP contribution in [0.4, 0.5) is 23.2 Å². The fourth-order valence-electron chi connectivity index (χ4n) is 2.09. The summed E-state index contributed by atoms with van der Waals surface area (Å²) in [4.78, 5) is 12.1. The molecule has 2 aromatic carbocycles. The van der Waals surface area contributed by atoms with Gasteiger partial charge in [-0.15, -0.1) is 0 Å². The summed E-state index contributed by atoms with van der Waals surface area (Å²) in [5, 5.41) is 13.4. The minimum absolute atomic E-state index is 0.148. The van der Waals surface area contributed by atoms with Crippen LogP contribution >= 0.6 is 11.6 Å². The van der Waals surface area contributed by atoms with Crippen molar-refractivity contribution in [2.75, 3.05) is 5.32 Å².